The molecule has 3 aliphatic rings. The second-order valence-corrected chi connectivity index (χ2v) is 12.5. The van der Waals surface area contributed by atoms with Gasteiger partial charge in [0.1, 0.15) is 29.0 Å². The molecule has 11 heteroatoms. The third kappa shape index (κ3) is 5.21. The number of halogens is 5. The van der Waals surface area contributed by atoms with Crippen molar-refractivity contribution in [3.63, 3.8) is 0 Å². The van der Waals surface area contributed by atoms with Crippen molar-refractivity contribution in [1.29, 1.82) is 0 Å². The second-order valence-electron chi connectivity index (χ2n) is 12.1. The van der Waals surface area contributed by atoms with Crippen molar-refractivity contribution < 1.29 is 17.6 Å². The number of benzene rings is 2. The summed E-state index contributed by atoms with van der Waals surface area (Å²) in [6, 6.07) is 10.7. The summed E-state index contributed by atoms with van der Waals surface area (Å²) >= 11 is 6.56. The molecule has 43 heavy (non-hydrogen) atoms. The number of hydrogen-bond acceptors (Lipinski definition) is 6. The summed E-state index contributed by atoms with van der Waals surface area (Å²) in [6.45, 7) is 1.96. The van der Waals surface area contributed by atoms with Gasteiger partial charge in [-0.3, -0.25) is 9.88 Å². The molecule has 0 radical (unpaired) electrons. The molecule has 3 atom stereocenters. The van der Waals surface area contributed by atoms with Gasteiger partial charge >= 0.3 is 0 Å². The van der Waals surface area contributed by atoms with Crippen LogP contribution < -0.4 is 10.2 Å². The van der Waals surface area contributed by atoms with Gasteiger partial charge in [-0.05, 0) is 56.6 Å². The van der Waals surface area contributed by atoms with Gasteiger partial charge in [-0.2, -0.15) is 0 Å². The first kappa shape index (κ1) is 28.7. The third-order valence-corrected chi connectivity index (χ3v) is 9.79. The average molecular weight is 613 g/mol. The predicted molar refractivity (Wildman–Crippen MR) is 161 cm³/mol. The number of hydrogen-bond donors (Lipinski definition) is 1. The van der Waals surface area contributed by atoms with Gasteiger partial charge in [0, 0.05) is 53.3 Å². The minimum Gasteiger partial charge on any atom is -0.346 e. The Hall–Kier alpha value is -3.08. The van der Waals surface area contributed by atoms with Gasteiger partial charge in [-0.15, -0.1) is 0 Å². The molecule has 6 nitrogen and oxygen atoms in total. The topological polar surface area (TPSA) is 57.2 Å². The fourth-order valence-electron chi connectivity index (χ4n) is 7.52. The molecule has 7 rings (SSSR count). The lowest BCUT2D eigenvalue weighted by Gasteiger charge is -2.32. The monoisotopic (exact) mass is 612 g/mol. The summed E-state index contributed by atoms with van der Waals surface area (Å²) in [5, 5.41) is 5.51. The zero-order valence-electron chi connectivity index (χ0n) is 23.7. The Balaban J connectivity index is 1.37. The first-order valence-corrected chi connectivity index (χ1v) is 15.4. The fourth-order valence-corrected chi connectivity index (χ4v) is 7.80. The number of aromatic nitrogens is 3. The summed E-state index contributed by atoms with van der Waals surface area (Å²) in [4.78, 5) is 17.8. The van der Waals surface area contributed by atoms with E-state index in [2.05, 4.69) is 15.2 Å². The largest absolute Gasteiger partial charge is 0.346 e. The van der Waals surface area contributed by atoms with Crippen LogP contribution in [-0.4, -0.2) is 76.8 Å². The van der Waals surface area contributed by atoms with E-state index in [4.69, 9.17) is 21.6 Å². The van der Waals surface area contributed by atoms with Crippen LogP contribution in [0.2, 0.25) is 5.02 Å². The lowest BCUT2D eigenvalue weighted by molar-refractivity contribution is 0.152. The van der Waals surface area contributed by atoms with Gasteiger partial charge in [0.05, 0.1) is 11.9 Å². The van der Waals surface area contributed by atoms with Crippen LogP contribution in [0.25, 0.3) is 32.9 Å². The molecule has 3 saturated heterocycles. The summed E-state index contributed by atoms with van der Waals surface area (Å²) in [6.07, 6.45) is 2.03. The van der Waals surface area contributed by atoms with Gasteiger partial charge in [-0.1, -0.05) is 41.9 Å². The van der Waals surface area contributed by atoms with Crippen molar-refractivity contribution >= 4 is 39.1 Å². The number of nitrogens with zero attached hydrogens (tertiary/aromatic N) is 5. The molecule has 1 N–H and O–H groups in total. The minimum absolute atomic E-state index is 0.0369. The number of nitrogens with one attached hydrogen (secondary N) is 1. The molecule has 3 fully saturated rings. The van der Waals surface area contributed by atoms with Crippen molar-refractivity contribution in [2.24, 2.45) is 0 Å². The lowest BCUT2D eigenvalue weighted by atomic mass is 9.88. The van der Waals surface area contributed by atoms with Crippen LogP contribution in [0.4, 0.5) is 23.4 Å². The number of pyridine rings is 1. The molecule has 0 saturated carbocycles. The standard InChI is InChI=1S/C32H33ClF4N6/c33-24-7-2-5-19-4-1-6-22(27(19)24)29-28(37)30-23(16-39-29)31(43(18-25(35)36)21-9-12-38-15-21)41-26(40-30)8-11-32-10-3-13-42(32)17-20(34)14-32/h1-2,4-7,16,20-21,25,38H,3,8-15,17-18H2/t20-,21-,32-/m1/s1. The van der Waals surface area contributed by atoms with E-state index in [1.807, 2.05) is 24.3 Å². The Kier molecular flexibility index (Phi) is 7.63. The highest BCUT2D eigenvalue weighted by Gasteiger charge is 2.48. The maximum absolute atomic E-state index is 16.7. The number of alkyl halides is 3. The molecule has 0 unspecified atom stereocenters. The van der Waals surface area contributed by atoms with E-state index in [0.717, 1.165) is 24.8 Å². The number of rotatable bonds is 8. The van der Waals surface area contributed by atoms with Crippen LogP contribution in [-0.2, 0) is 6.42 Å². The molecule has 0 aliphatic carbocycles. The quantitative estimate of drug-likeness (QED) is 0.227. The first-order valence-electron chi connectivity index (χ1n) is 15.0. The zero-order valence-corrected chi connectivity index (χ0v) is 24.4. The van der Waals surface area contributed by atoms with Crippen molar-refractivity contribution in [2.75, 3.05) is 37.6 Å². The highest BCUT2D eigenvalue weighted by atomic mass is 35.5. The molecule has 0 bridgehead atoms. The SMILES string of the molecule is Fc1c(-c2cccc3cccc(Cl)c23)ncc2c(N(CC(F)F)[C@@H]3CCNC3)nc(CC[C@@]34CCCN3C[C@H](F)C4)nc12. The second kappa shape index (κ2) is 11.4. The highest BCUT2D eigenvalue weighted by molar-refractivity contribution is 6.36. The van der Waals surface area contributed by atoms with Crippen molar-refractivity contribution in [1.82, 2.24) is 25.2 Å². The van der Waals surface area contributed by atoms with Crippen LogP contribution in [0, 0.1) is 5.82 Å². The fraction of sp³-hybridized carbons (Fsp3) is 0.469. The van der Waals surface area contributed by atoms with E-state index in [9.17, 15) is 13.2 Å². The van der Waals surface area contributed by atoms with Crippen molar-refractivity contribution in [2.45, 2.75) is 62.7 Å². The van der Waals surface area contributed by atoms with E-state index in [0.29, 0.717) is 67.1 Å². The van der Waals surface area contributed by atoms with E-state index < -0.39 is 25.0 Å². The molecule has 0 amide bonds. The molecule has 5 heterocycles. The van der Waals surface area contributed by atoms with Crippen molar-refractivity contribution in [3.05, 3.63) is 59.3 Å². The zero-order chi connectivity index (χ0) is 29.7. The molecular weight excluding hydrogens is 580 g/mol. The summed E-state index contributed by atoms with van der Waals surface area (Å²) in [5.41, 5.74) is 0.377. The maximum atomic E-state index is 16.7. The third-order valence-electron chi connectivity index (χ3n) is 9.48. The molecular formula is C32H33ClF4N6. The van der Waals surface area contributed by atoms with E-state index >= 15 is 4.39 Å². The van der Waals surface area contributed by atoms with Crippen LogP contribution >= 0.6 is 11.6 Å². The smallest absolute Gasteiger partial charge is 0.255 e. The van der Waals surface area contributed by atoms with Crippen LogP contribution in [0.15, 0.2) is 42.6 Å². The van der Waals surface area contributed by atoms with Gasteiger partial charge in [0.25, 0.3) is 6.43 Å². The van der Waals surface area contributed by atoms with E-state index in [1.54, 1.807) is 17.0 Å². The van der Waals surface area contributed by atoms with E-state index in [1.165, 1.54) is 6.20 Å². The lowest BCUT2D eigenvalue weighted by Crippen LogP contribution is -2.41. The van der Waals surface area contributed by atoms with Gasteiger partial charge < -0.3 is 10.2 Å². The molecule has 226 valence electrons. The minimum atomic E-state index is -2.62. The Labute approximate surface area is 252 Å². The number of anilines is 1. The summed E-state index contributed by atoms with van der Waals surface area (Å²) in [5.74, 6) is -0.0246. The van der Waals surface area contributed by atoms with Crippen molar-refractivity contribution in [3.8, 4) is 11.3 Å². The summed E-state index contributed by atoms with van der Waals surface area (Å²) in [7, 11) is 0. The van der Waals surface area contributed by atoms with Gasteiger partial charge in [-0.25, -0.2) is 27.5 Å². The Morgan fingerprint density at radius 3 is 2.79 bits per heavy atom. The van der Waals surface area contributed by atoms with Crippen LogP contribution in [0.3, 0.4) is 0 Å². The van der Waals surface area contributed by atoms with Crippen LogP contribution in [0.5, 0.6) is 0 Å². The number of aryl methyl sites for hydroxylation is 1. The summed E-state index contributed by atoms with van der Waals surface area (Å²) < 4.78 is 59.0. The highest BCUT2D eigenvalue weighted by Crippen LogP contribution is 2.43. The Morgan fingerprint density at radius 2 is 2.00 bits per heavy atom. The number of fused-ring (bicyclic) bond motifs is 3. The molecule has 3 aliphatic heterocycles. The molecule has 4 aromatic rings. The average Bonchev–Trinajstić information content (AvgIpc) is 3.72. The first-order chi connectivity index (χ1) is 20.8. The van der Waals surface area contributed by atoms with E-state index in [-0.39, 0.29) is 34.0 Å². The molecule has 0 spiro atoms. The normalized spacial score (nSPS) is 24.0. The molecule has 2 aromatic heterocycles. The molecule has 2 aromatic carbocycles. The van der Waals surface area contributed by atoms with Gasteiger partial charge in [0.15, 0.2) is 5.82 Å². The van der Waals surface area contributed by atoms with Gasteiger partial charge in [0.2, 0.25) is 0 Å². The van der Waals surface area contributed by atoms with Crippen LogP contribution in [0.1, 0.15) is 37.9 Å². The maximum Gasteiger partial charge on any atom is 0.255 e. The Morgan fingerprint density at radius 1 is 1.16 bits per heavy atom. The predicted octanol–water partition coefficient (Wildman–Crippen LogP) is 6.58. The Bertz CT molecular complexity index is 1660.